The zero-order valence-corrected chi connectivity index (χ0v) is 11.6. The molecule has 0 aliphatic carbocycles. The molecule has 0 unspecified atom stereocenters. The van der Waals surface area contributed by atoms with E-state index < -0.39 is 22.5 Å². The van der Waals surface area contributed by atoms with Gasteiger partial charge in [-0.1, -0.05) is 13.8 Å². The topological polar surface area (TPSA) is 140 Å². The van der Waals surface area contributed by atoms with E-state index in [0.29, 0.717) is 6.54 Å². The summed E-state index contributed by atoms with van der Waals surface area (Å²) in [4.78, 5) is 37.6. The van der Waals surface area contributed by atoms with E-state index in [2.05, 4.69) is 4.98 Å². The van der Waals surface area contributed by atoms with E-state index in [1.165, 1.54) is 4.90 Å². The molecule has 1 amide bonds. The molecule has 3 N–H and O–H groups in total. The lowest BCUT2D eigenvalue weighted by atomic mass is 10.1. The lowest BCUT2D eigenvalue weighted by Crippen LogP contribution is -2.37. The molecule has 0 aliphatic heterocycles. The van der Waals surface area contributed by atoms with E-state index in [9.17, 15) is 24.8 Å². The van der Waals surface area contributed by atoms with Crippen LogP contribution in [0.15, 0.2) is 12.3 Å². The van der Waals surface area contributed by atoms with E-state index in [1.54, 1.807) is 0 Å². The largest absolute Gasteiger partial charge is 0.478 e. The summed E-state index contributed by atoms with van der Waals surface area (Å²) in [6, 6.07) is 0.916. The van der Waals surface area contributed by atoms with Crippen molar-refractivity contribution >= 4 is 23.4 Å². The third-order valence-corrected chi connectivity index (χ3v) is 2.53. The number of carboxylic acid groups (broad SMARTS) is 1. The minimum Gasteiger partial charge on any atom is -0.478 e. The fourth-order valence-electron chi connectivity index (χ4n) is 1.81. The number of aromatic nitrogens is 1. The van der Waals surface area contributed by atoms with E-state index in [4.69, 9.17) is 5.73 Å². The lowest BCUT2D eigenvalue weighted by molar-refractivity contribution is -0.385. The van der Waals surface area contributed by atoms with Gasteiger partial charge < -0.3 is 15.7 Å². The van der Waals surface area contributed by atoms with Crippen molar-refractivity contribution in [1.29, 1.82) is 0 Å². The van der Waals surface area contributed by atoms with Crippen LogP contribution in [-0.4, -0.2) is 40.0 Å². The molecule has 114 valence electrons. The van der Waals surface area contributed by atoms with Gasteiger partial charge in [-0.25, -0.2) is 9.78 Å². The summed E-state index contributed by atoms with van der Waals surface area (Å²) >= 11 is 0. The highest BCUT2D eigenvalue weighted by atomic mass is 16.6. The van der Waals surface area contributed by atoms with Crippen LogP contribution in [0.4, 0.5) is 11.5 Å². The maximum atomic E-state index is 11.3. The first-order chi connectivity index (χ1) is 9.72. The van der Waals surface area contributed by atoms with Crippen LogP contribution >= 0.6 is 0 Å². The SMILES string of the molecule is CC(C)CN(CC(N)=O)c1ncc([N+](=O)[O-])cc1C(=O)O. The van der Waals surface area contributed by atoms with Crippen molar-refractivity contribution in [3.63, 3.8) is 0 Å². The second kappa shape index (κ2) is 6.64. The molecular weight excluding hydrogens is 280 g/mol. The first-order valence-corrected chi connectivity index (χ1v) is 6.13. The summed E-state index contributed by atoms with van der Waals surface area (Å²) in [6.07, 6.45) is 0.954. The van der Waals surface area contributed by atoms with Gasteiger partial charge in [-0.2, -0.15) is 0 Å². The number of carbonyl (C=O) groups excluding carboxylic acids is 1. The molecule has 1 rings (SSSR count). The molecule has 0 aromatic carbocycles. The normalized spacial score (nSPS) is 10.4. The van der Waals surface area contributed by atoms with Gasteiger partial charge in [0.15, 0.2) is 0 Å². The van der Waals surface area contributed by atoms with Crippen molar-refractivity contribution in [2.24, 2.45) is 11.7 Å². The average Bonchev–Trinajstić information content (AvgIpc) is 2.35. The van der Waals surface area contributed by atoms with Crippen molar-refractivity contribution in [3.05, 3.63) is 27.9 Å². The standard InChI is InChI=1S/C12H16N4O5/c1-7(2)5-15(6-10(13)17)11-9(12(18)19)3-8(4-14-11)16(20)21/h3-4,7H,5-6H2,1-2H3,(H2,13,17)(H,18,19). The first-order valence-electron chi connectivity index (χ1n) is 6.13. The van der Waals surface area contributed by atoms with E-state index >= 15 is 0 Å². The summed E-state index contributed by atoms with van der Waals surface area (Å²) in [5.74, 6) is -1.91. The molecule has 21 heavy (non-hydrogen) atoms. The molecule has 0 atom stereocenters. The first kappa shape index (κ1) is 16.3. The van der Waals surface area contributed by atoms with Gasteiger partial charge in [0.2, 0.25) is 5.91 Å². The number of carbonyl (C=O) groups is 2. The van der Waals surface area contributed by atoms with Crippen LogP contribution in [0.5, 0.6) is 0 Å². The molecule has 1 heterocycles. The molecule has 0 spiro atoms. The second-order valence-electron chi connectivity index (χ2n) is 4.87. The van der Waals surface area contributed by atoms with Crippen LogP contribution in [0, 0.1) is 16.0 Å². The highest BCUT2D eigenvalue weighted by molar-refractivity contribution is 5.94. The molecule has 0 saturated heterocycles. The third-order valence-electron chi connectivity index (χ3n) is 2.53. The zero-order valence-electron chi connectivity index (χ0n) is 11.6. The molecule has 9 heteroatoms. The fourth-order valence-corrected chi connectivity index (χ4v) is 1.81. The molecule has 1 aromatic heterocycles. The van der Waals surface area contributed by atoms with Crippen LogP contribution in [0.25, 0.3) is 0 Å². The average molecular weight is 296 g/mol. The Morgan fingerprint density at radius 3 is 2.57 bits per heavy atom. The Kier molecular flexibility index (Phi) is 5.17. The summed E-state index contributed by atoms with van der Waals surface area (Å²) in [7, 11) is 0. The van der Waals surface area contributed by atoms with E-state index in [1.807, 2.05) is 13.8 Å². The van der Waals surface area contributed by atoms with Gasteiger partial charge in [-0.3, -0.25) is 14.9 Å². The Hall–Kier alpha value is -2.71. The van der Waals surface area contributed by atoms with Crippen LogP contribution in [0.3, 0.4) is 0 Å². The molecule has 1 aromatic rings. The van der Waals surface area contributed by atoms with Crippen molar-refractivity contribution in [1.82, 2.24) is 4.98 Å². The Labute approximate surface area is 120 Å². The number of rotatable bonds is 7. The molecule has 0 radical (unpaired) electrons. The number of primary amides is 1. The van der Waals surface area contributed by atoms with E-state index in [0.717, 1.165) is 12.3 Å². The van der Waals surface area contributed by atoms with Gasteiger partial charge >= 0.3 is 5.97 Å². The van der Waals surface area contributed by atoms with E-state index in [-0.39, 0.29) is 23.8 Å². The summed E-state index contributed by atoms with van der Waals surface area (Å²) in [5, 5.41) is 19.9. The maximum absolute atomic E-state index is 11.3. The maximum Gasteiger partial charge on any atom is 0.339 e. The highest BCUT2D eigenvalue weighted by Crippen LogP contribution is 2.23. The Morgan fingerprint density at radius 2 is 2.14 bits per heavy atom. The van der Waals surface area contributed by atoms with Crippen LogP contribution < -0.4 is 10.6 Å². The Bertz CT molecular complexity index is 573. The molecule has 0 aliphatic rings. The van der Waals surface area contributed by atoms with Crippen molar-refractivity contribution < 1.29 is 19.6 Å². The fraction of sp³-hybridized carbons (Fsp3) is 0.417. The van der Waals surface area contributed by atoms with Gasteiger partial charge in [-0.05, 0) is 5.92 Å². The third kappa shape index (κ3) is 4.41. The minimum absolute atomic E-state index is 0.0133. The molecule has 9 nitrogen and oxygen atoms in total. The van der Waals surface area contributed by atoms with Gasteiger partial charge in [0.25, 0.3) is 5.69 Å². The van der Waals surface area contributed by atoms with Crippen molar-refractivity contribution in [2.45, 2.75) is 13.8 Å². The minimum atomic E-state index is -1.36. The number of hydrogen-bond donors (Lipinski definition) is 2. The molecule has 0 fully saturated rings. The predicted octanol–water partition coefficient (Wildman–Crippen LogP) is 0.636. The number of aromatic carboxylic acids is 1. The Morgan fingerprint density at radius 1 is 1.52 bits per heavy atom. The second-order valence-corrected chi connectivity index (χ2v) is 4.87. The van der Waals surface area contributed by atoms with Gasteiger partial charge in [0, 0.05) is 12.6 Å². The van der Waals surface area contributed by atoms with Crippen LogP contribution in [0.1, 0.15) is 24.2 Å². The molecular formula is C12H16N4O5. The van der Waals surface area contributed by atoms with Gasteiger partial charge in [0.05, 0.1) is 11.5 Å². The molecule has 0 saturated carbocycles. The smallest absolute Gasteiger partial charge is 0.339 e. The number of anilines is 1. The van der Waals surface area contributed by atoms with Crippen LogP contribution in [-0.2, 0) is 4.79 Å². The van der Waals surface area contributed by atoms with Crippen molar-refractivity contribution in [3.8, 4) is 0 Å². The zero-order chi connectivity index (χ0) is 16.2. The summed E-state index contributed by atoms with van der Waals surface area (Å²) in [6.45, 7) is 3.87. The number of amides is 1. The number of nitrogens with two attached hydrogens (primary N) is 1. The van der Waals surface area contributed by atoms with Crippen LogP contribution in [0.2, 0.25) is 0 Å². The number of carboxylic acids is 1. The monoisotopic (exact) mass is 296 g/mol. The summed E-state index contributed by atoms with van der Waals surface area (Å²) < 4.78 is 0. The highest BCUT2D eigenvalue weighted by Gasteiger charge is 2.23. The number of pyridine rings is 1. The van der Waals surface area contributed by atoms with Gasteiger partial charge in [0.1, 0.15) is 17.6 Å². The lowest BCUT2D eigenvalue weighted by Gasteiger charge is -2.25. The number of nitro groups is 1. The summed E-state index contributed by atoms with van der Waals surface area (Å²) in [5.41, 5.74) is 4.37. The number of nitrogens with zero attached hydrogens (tertiary/aromatic N) is 3. The Balaban J connectivity index is 3.31. The van der Waals surface area contributed by atoms with Gasteiger partial charge in [-0.15, -0.1) is 0 Å². The predicted molar refractivity (Wildman–Crippen MR) is 74.1 cm³/mol. The quantitative estimate of drug-likeness (QED) is 0.555. The molecule has 0 bridgehead atoms. The number of hydrogen-bond acceptors (Lipinski definition) is 6. The van der Waals surface area contributed by atoms with Crippen molar-refractivity contribution in [2.75, 3.05) is 18.0 Å².